The van der Waals surface area contributed by atoms with Gasteiger partial charge in [-0.15, -0.1) is 0 Å². The Kier molecular flexibility index (Phi) is 5.79. The SMILES string of the molecule is O=C1C(Oc2ccc3ccccc3c2)=COC2CC(OCc3ccc(Br)cc3)CCC12. The molecular formula is C26H23BrO4. The molecule has 5 heteroatoms. The molecule has 31 heavy (non-hydrogen) atoms. The van der Waals surface area contributed by atoms with E-state index in [0.29, 0.717) is 18.8 Å². The van der Waals surface area contributed by atoms with E-state index in [1.54, 1.807) is 0 Å². The largest absolute Gasteiger partial charge is 0.493 e. The first-order valence-corrected chi connectivity index (χ1v) is 11.4. The van der Waals surface area contributed by atoms with Crippen LogP contribution in [-0.2, 0) is 20.9 Å². The second-order valence-corrected chi connectivity index (χ2v) is 9.03. The van der Waals surface area contributed by atoms with Crippen molar-refractivity contribution in [2.45, 2.75) is 38.1 Å². The molecule has 1 aliphatic carbocycles. The molecule has 1 fully saturated rings. The average molecular weight is 479 g/mol. The fourth-order valence-corrected chi connectivity index (χ4v) is 4.58. The normalized spacial score (nSPS) is 23.1. The number of carbonyl (C=O) groups excluding carboxylic acids is 1. The van der Waals surface area contributed by atoms with E-state index in [-0.39, 0.29) is 29.7 Å². The molecule has 1 saturated carbocycles. The van der Waals surface area contributed by atoms with Crippen molar-refractivity contribution in [1.82, 2.24) is 0 Å². The first-order chi connectivity index (χ1) is 15.2. The molecule has 3 atom stereocenters. The van der Waals surface area contributed by atoms with Gasteiger partial charge in [0.2, 0.25) is 11.5 Å². The van der Waals surface area contributed by atoms with E-state index in [9.17, 15) is 4.79 Å². The van der Waals surface area contributed by atoms with Crippen LogP contribution in [-0.4, -0.2) is 18.0 Å². The maximum Gasteiger partial charge on any atom is 0.207 e. The summed E-state index contributed by atoms with van der Waals surface area (Å²) >= 11 is 3.45. The highest BCUT2D eigenvalue weighted by atomic mass is 79.9. The van der Waals surface area contributed by atoms with Crippen LogP contribution in [0.25, 0.3) is 10.8 Å². The lowest BCUT2D eigenvalue weighted by Gasteiger charge is -2.37. The molecule has 0 amide bonds. The van der Waals surface area contributed by atoms with E-state index < -0.39 is 0 Å². The van der Waals surface area contributed by atoms with Crippen molar-refractivity contribution >= 4 is 32.5 Å². The van der Waals surface area contributed by atoms with E-state index in [1.165, 1.54) is 6.26 Å². The highest BCUT2D eigenvalue weighted by Crippen LogP contribution is 2.35. The molecule has 0 radical (unpaired) electrons. The standard InChI is InChI=1S/C26H23BrO4/c27-20-8-5-17(6-9-20)15-29-21-11-12-23-24(14-21)30-16-25(26(23)28)31-22-10-7-18-3-1-2-4-19(18)13-22/h1-10,13,16,21,23-24H,11-12,14-15H2. The number of ether oxygens (including phenoxy) is 3. The van der Waals surface area contributed by atoms with Gasteiger partial charge >= 0.3 is 0 Å². The van der Waals surface area contributed by atoms with Gasteiger partial charge in [-0.2, -0.15) is 0 Å². The van der Waals surface area contributed by atoms with Gasteiger partial charge in [0.25, 0.3) is 0 Å². The van der Waals surface area contributed by atoms with Crippen LogP contribution in [0.2, 0.25) is 0 Å². The van der Waals surface area contributed by atoms with Crippen LogP contribution in [0.1, 0.15) is 24.8 Å². The topological polar surface area (TPSA) is 44.8 Å². The van der Waals surface area contributed by atoms with E-state index >= 15 is 0 Å². The van der Waals surface area contributed by atoms with Crippen molar-refractivity contribution in [2.75, 3.05) is 0 Å². The molecule has 0 spiro atoms. The first-order valence-electron chi connectivity index (χ1n) is 10.6. The fourth-order valence-electron chi connectivity index (χ4n) is 4.31. The predicted octanol–water partition coefficient (Wildman–Crippen LogP) is 6.18. The van der Waals surface area contributed by atoms with Gasteiger partial charge in [-0.1, -0.05) is 58.4 Å². The minimum atomic E-state index is -0.173. The van der Waals surface area contributed by atoms with Gasteiger partial charge in [-0.3, -0.25) is 4.79 Å². The van der Waals surface area contributed by atoms with Gasteiger partial charge in [-0.25, -0.2) is 0 Å². The van der Waals surface area contributed by atoms with Crippen LogP contribution in [0.5, 0.6) is 5.75 Å². The Bertz CT molecular complexity index is 1120. The molecule has 0 bridgehead atoms. The van der Waals surface area contributed by atoms with E-state index in [0.717, 1.165) is 33.7 Å². The molecule has 3 unspecified atom stereocenters. The summed E-state index contributed by atoms with van der Waals surface area (Å²) in [5.74, 6) is 0.779. The van der Waals surface area contributed by atoms with E-state index in [1.807, 2.05) is 48.5 Å². The van der Waals surface area contributed by atoms with Crippen LogP contribution in [0.15, 0.2) is 83.2 Å². The molecule has 3 aromatic carbocycles. The number of hydrogen-bond donors (Lipinski definition) is 0. The number of ketones is 1. The summed E-state index contributed by atoms with van der Waals surface area (Å²) in [6.07, 6.45) is 3.72. The minimum absolute atomic E-state index is 0.0239. The molecule has 0 saturated heterocycles. The van der Waals surface area contributed by atoms with Crippen LogP contribution >= 0.6 is 15.9 Å². The van der Waals surface area contributed by atoms with Crippen LogP contribution < -0.4 is 4.74 Å². The zero-order valence-corrected chi connectivity index (χ0v) is 18.6. The summed E-state index contributed by atoms with van der Waals surface area (Å²) in [5.41, 5.74) is 1.14. The number of fused-ring (bicyclic) bond motifs is 2. The lowest BCUT2D eigenvalue weighted by molar-refractivity contribution is -0.134. The maximum absolute atomic E-state index is 13.0. The van der Waals surface area contributed by atoms with Crippen LogP contribution in [0.3, 0.4) is 0 Å². The molecule has 0 aromatic heterocycles. The molecule has 0 N–H and O–H groups in total. The zero-order chi connectivity index (χ0) is 21.2. The van der Waals surface area contributed by atoms with Crippen molar-refractivity contribution in [1.29, 1.82) is 0 Å². The first kappa shape index (κ1) is 20.3. The van der Waals surface area contributed by atoms with Crippen LogP contribution in [0.4, 0.5) is 0 Å². The third-order valence-electron chi connectivity index (χ3n) is 6.02. The minimum Gasteiger partial charge on any atom is -0.493 e. The summed E-state index contributed by atoms with van der Waals surface area (Å²) in [7, 11) is 0. The summed E-state index contributed by atoms with van der Waals surface area (Å²) in [6.45, 7) is 0.565. The molecule has 2 aliphatic rings. The molecular weight excluding hydrogens is 456 g/mol. The number of Topliss-reactive ketones (excluding diaryl/α,β-unsaturated/α-hetero) is 1. The van der Waals surface area contributed by atoms with Gasteiger partial charge in [0.05, 0.1) is 18.6 Å². The monoisotopic (exact) mass is 478 g/mol. The maximum atomic E-state index is 13.0. The van der Waals surface area contributed by atoms with Crippen molar-refractivity contribution in [2.24, 2.45) is 5.92 Å². The Balaban J connectivity index is 1.21. The van der Waals surface area contributed by atoms with Gasteiger partial charge in [0.1, 0.15) is 18.1 Å². The Morgan fingerprint density at radius 2 is 1.77 bits per heavy atom. The van der Waals surface area contributed by atoms with E-state index in [4.69, 9.17) is 14.2 Å². The number of carbonyl (C=O) groups is 1. The summed E-state index contributed by atoms with van der Waals surface area (Å²) in [5, 5.41) is 2.21. The van der Waals surface area contributed by atoms with Gasteiger partial charge < -0.3 is 14.2 Å². The highest BCUT2D eigenvalue weighted by molar-refractivity contribution is 9.10. The number of halogens is 1. The Labute approximate surface area is 189 Å². The summed E-state index contributed by atoms with van der Waals surface area (Å²) < 4.78 is 19.0. The van der Waals surface area contributed by atoms with Gasteiger partial charge in [0.15, 0.2) is 0 Å². The van der Waals surface area contributed by atoms with E-state index in [2.05, 4.69) is 34.1 Å². The smallest absolute Gasteiger partial charge is 0.207 e. The second kappa shape index (κ2) is 8.85. The molecule has 1 aliphatic heterocycles. The molecule has 158 valence electrons. The van der Waals surface area contributed by atoms with Crippen molar-refractivity contribution in [3.63, 3.8) is 0 Å². The molecule has 3 aromatic rings. The molecule has 4 nitrogen and oxygen atoms in total. The molecule has 5 rings (SSSR count). The second-order valence-electron chi connectivity index (χ2n) is 8.11. The fraction of sp³-hybridized carbons (Fsp3) is 0.269. The van der Waals surface area contributed by atoms with Crippen molar-refractivity contribution in [3.8, 4) is 5.75 Å². The lowest BCUT2D eigenvalue weighted by Crippen LogP contribution is -2.42. The lowest BCUT2D eigenvalue weighted by atomic mass is 9.80. The van der Waals surface area contributed by atoms with Gasteiger partial charge in [-0.05, 0) is 53.4 Å². The van der Waals surface area contributed by atoms with Crippen molar-refractivity contribution < 1.29 is 19.0 Å². The average Bonchev–Trinajstić information content (AvgIpc) is 2.80. The number of benzene rings is 3. The third-order valence-corrected chi connectivity index (χ3v) is 6.55. The molecule has 1 heterocycles. The Hall–Kier alpha value is -2.63. The predicted molar refractivity (Wildman–Crippen MR) is 123 cm³/mol. The Morgan fingerprint density at radius 3 is 2.61 bits per heavy atom. The summed E-state index contributed by atoms with van der Waals surface area (Å²) in [4.78, 5) is 13.0. The summed E-state index contributed by atoms with van der Waals surface area (Å²) in [6, 6.07) is 22.0. The number of hydrogen-bond acceptors (Lipinski definition) is 4. The van der Waals surface area contributed by atoms with Crippen LogP contribution in [0, 0.1) is 5.92 Å². The van der Waals surface area contributed by atoms with Gasteiger partial charge in [0, 0.05) is 10.9 Å². The quantitative estimate of drug-likeness (QED) is 0.439. The zero-order valence-electron chi connectivity index (χ0n) is 17.0. The Morgan fingerprint density at radius 1 is 0.968 bits per heavy atom. The number of allylic oxidation sites excluding steroid dienone is 1. The highest BCUT2D eigenvalue weighted by Gasteiger charge is 2.41. The van der Waals surface area contributed by atoms with Crippen molar-refractivity contribution in [3.05, 3.63) is 88.8 Å². The number of rotatable bonds is 5. The third kappa shape index (κ3) is 4.53.